The lowest BCUT2D eigenvalue weighted by molar-refractivity contribution is -0.137. The van der Waals surface area contributed by atoms with Crippen molar-refractivity contribution in [3.05, 3.63) is 29.8 Å². The summed E-state index contributed by atoms with van der Waals surface area (Å²) in [6, 6.07) is 6.64. The number of sulfonamides is 1. The third-order valence-electron chi connectivity index (χ3n) is 1.97. The van der Waals surface area contributed by atoms with Crippen molar-refractivity contribution in [2.45, 2.75) is 6.54 Å². The van der Waals surface area contributed by atoms with E-state index in [4.69, 9.17) is 5.73 Å². The third kappa shape index (κ3) is 4.41. The van der Waals surface area contributed by atoms with E-state index >= 15 is 0 Å². The van der Waals surface area contributed by atoms with Crippen molar-refractivity contribution in [3.8, 4) is 0 Å². The highest BCUT2D eigenvalue weighted by Crippen LogP contribution is 2.12. The number of carbonyl (C=O) groups is 1. The van der Waals surface area contributed by atoms with E-state index in [2.05, 4.69) is 9.46 Å². The average molecular weight is 258 g/mol. The Morgan fingerprint density at radius 3 is 2.76 bits per heavy atom. The van der Waals surface area contributed by atoms with E-state index in [1.807, 2.05) is 0 Å². The number of methoxy groups -OCH3 is 1. The van der Waals surface area contributed by atoms with Gasteiger partial charge in [0.2, 0.25) is 10.0 Å². The van der Waals surface area contributed by atoms with Crippen LogP contribution in [0.5, 0.6) is 0 Å². The summed E-state index contributed by atoms with van der Waals surface area (Å²) >= 11 is 0. The van der Waals surface area contributed by atoms with Gasteiger partial charge in [0.1, 0.15) is 0 Å². The Morgan fingerprint density at radius 2 is 2.18 bits per heavy atom. The second-order valence-corrected chi connectivity index (χ2v) is 5.06. The first-order valence-electron chi connectivity index (χ1n) is 4.83. The number of rotatable bonds is 5. The molecule has 6 nitrogen and oxygen atoms in total. The van der Waals surface area contributed by atoms with E-state index in [0.29, 0.717) is 12.2 Å². The van der Waals surface area contributed by atoms with Crippen LogP contribution in [-0.2, 0) is 26.1 Å². The minimum Gasteiger partial charge on any atom is -0.468 e. The number of nitrogens with two attached hydrogens (primary N) is 1. The van der Waals surface area contributed by atoms with Gasteiger partial charge in [-0.3, -0.25) is 9.52 Å². The normalized spacial score (nSPS) is 10.9. The predicted octanol–water partition coefficient (Wildman–Crippen LogP) is 0.0600. The molecule has 7 heteroatoms. The first kappa shape index (κ1) is 13.5. The molecule has 0 aromatic heterocycles. The van der Waals surface area contributed by atoms with Crippen LogP contribution < -0.4 is 10.5 Å². The monoisotopic (exact) mass is 258 g/mol. The smallest absolute Gasteiger partial charge is 0.322 e. The lowest BCUT2D eigenvalue weighted by atomic mass is 10.2. The van der Waals surface area contributed by atoms with Crippen molar-refractivity contribution in [2.75, 3.05) is 17.6 Å². The SMILES string of the molecule is COC(=O)CS(=O)(=O)Nc1cccc(CN)c1. The lowest BCUT2D eigenvalue weighted by Crippen LogP contribution is -2.23. The summed E-state index contributed by atoms with van der Waals surface area (Å²) in [7, 11) is -2.60. The second-order valence-electron chi connectivity index (χ2n) is 3.34. The lowest BCUT2D eigenvalue weighted by Gasteiger charge is -2.07. The van der Waals surface area contributed by atoms with Gasteiger partial charge in [0, 0.05) is 12.2 Å². The average Bonchev–Trinajstić information content (AvgIpc) is 2.27. The summed E-state index contributed by atoms with van der Waals surface area (Å²) in [5, 5.41) is 0. The zero-order valence-corrected chi connectivity index (χ0v) is 10.2. The van der Waals surface area contributed by atoms with Crippen LogP contribution in [0.1, 0.15) is 5.56 Å². The summed E-state index contributed by atoms with van der Waals surface area (Å²) in [6.07, 6.45) is 0. The molecule has 1 aromatic carbocycles. The fourth-order valence-corrected chi connectivity index (χ4v) is 2.18. The van der Waals surface area contributed by atoms with Gasteiger partial charge in [-0.25, -0.2) is 8.42 Å². The van der Waals surface area contributed by atoms with Crippen LogP contribution in [0.2, 0.25) is 0 Å². The highest BCUT2D eigenvalue weighted by molar-refractivity contribution is 7.93. The van der Waals surface area contributed by atoms with E-state index in [1.165, 1.54) is 0 Å². The molecule has 0 heterocycles. The molecule has 0 radical (unpaired) electrons. The Kier molecular flexibility index (Phi) is 4.47. The number of hydrogen-bond donors (Lipinski definition) is 2. The van der Waals surface area contributed by atoms with Gasteiger partial charge in [-0.05, 0) is 17.7 Å². The molecule has 17 heavy (non-hydrogen) atoms. The first-order chi connectivity index (χ1) is 7.96. The summed E-state index contributed by atoms with van der Waals surface area (Å²) in [6.45, 7) is 0.312. The van der Waals surface area contributed by atoms with Crippen LogP contribution in [0, 0.1) is 0 Å². The molecule has 0 unspecified atom stereocenters. The van der Waals surface area contributed by atoms with Gasteiger partial charge in [0.05, 0.1) is 7.11 Å². The van der Waals surface area contributed by atoms with E-state index in [-0.39, 0.29) is 0 Å². The molecule has 3 N–H and O–H groups in total. The largest absolute Gasteiger partial charge is 0.468 e. The number of anilines is 1. The van der Waals surface area contributed by atoms with Crippen molar-refractivity contribution in [3.63, 3.8) is 0 Å². The van der Waals surface area contributed by atoms with Crippen LogP contribution in [0.4, 0.5) is 5.69 Å². The van der Waals surface area contributed by atoms with Gasteiger partial charge < -0.3 is 10.5 Å². The Morgan fingerprint density at radius 1 is 1.47 bits per heavy atom. The molecule has 0 aliphatic rings. The maximum Gasteiger partial charge on any atom is 0.322 e. The van der Waals surface area contributed by atoms with Crippen molar-refractivity contribution < 1.29 is 17.9 Å². The van der Waals surface area contributed by atoms with Crippen LogP contribution in [0.3, 0.4) is 0 Å². The molecule has 0 spiro atoms. The van der Waals surface area contributed by atoms with Crippen LogP contribution in [0.15, 0.2) is 24.3 Å². The van der Waals surface area contributed by atoms with Crippen molar-refractivity contribution in [1.29, 1.82) is 0 Å². The highest BCUT2D eigenvalue weighted by Gasteiger charge is 2.16. The molecule has 1 aromatic rings. The van der Waals surface area contributed by atoms with Gasteiger partial charge in [-0.15, -0.1) is 0 Å². The van der Waals surface area contributed by atoms with Gasteiger partial charge in [-0.1, -0.05) is 12.1 Å². The van der Waals surface area contributed by atoms with Crippen molar-refractivity contribution in [1.82, 2.24) is 0 Å². The molecule has 0 fully saturated rings. The molecule has 0 saturated heterocycles. The second kappa shape index (κ2) is 5.65. The molecule has 0 saturated carbocycles. The zero-order valence-electron chi connectivity index (χ0n) is 9.34. The third-order valence-corrected chi connectivity index (χ3v) is 3.13. The molecule has 94 valence electrons. The first-order valence-corrected chi connectivity index (χ1v) is 6.48. The van der Waals surface area contributed by atoms with E-state index < -0.39 is 21.7 Å². The number of hydrogen-bond acceptors (Lipinski definition) is 5. The predicted molar refractivity (Wildman–Crippen MR) is 63.8 cm³/mol. The maximum absolute atomic E-state index is 11.5. The topological polar surface area (TPSA) is 98.5 Å². The number of benzene rings is 1. The van der Waals surface area contributed by atoms with Crippen LogP contribution in [0.25, 0.3) is 0 Å². The Hall–Kier alpha value is -1.60. The molecule has 0 aliphatic heterocycles. The maximum atomic E-state index is 11.5. The van der Waals surface area contributed by atoms with Crippen molar-refractivity contribution >= 4 is 21.7 Å². The summed E-state index contributed by atoms with van der Waals surface area (Å²) < 4.78 is 29.6. The number of ether oxygens (including phenoxy) is 1. The standard InChI is InChI=1S/C10H14N2O4S/c1-16-10(13)7-17(14,15)12-9-4-2-3-8(5-9)6-11/h2-5,12H,6-7,11H2,1H3. The fourth-order valence-electron chi connectivity index (χ4n) is 1.19. The molecule has 0 amide bonds. The molecule has 0 aliphatic carbocycles. The Bertz CT molecular complexity index is 499. The molecular formula is C10H14N2O4S. The van der Waals surface area contributed by atoms with Gasteiger partial charge in [0.25, 0.3) is 0 Å². The van der Waals surface area contributed by atoms with E-state index in [1.54, 1.807) is 24.3 Å². The molecular weight excluding hydrogens is 244 g/mol. The summed E-state index contributed by atoms with van der Waals surface area (Å²) in [5.74, 6) is -1.52. The molecule has 1 rings (SSSR count). The Balaban J connectivity index is 2.79. The minimum absolute atomic E-state index is 0.312. The van der Waals surface area contributed by atoms with Crippen molar-refractivity contribution in [2.24, 2.45) is 5.73 Å². The zero-order chi connectivity index (χ0) is 12.9. The quantitative estimate of drug-likeness (QED) is 0.728. The van der Waals surface area contributed by atoms with Gasteiger partial charge in [-0.2, -0.15) is 0 Å². The number of esters is 1. The number of carbonyl (C=O) groups excluding carboxylic acids is 1. The fraction of sp³-hybridized carbons (Fsp3) is 0.300. The van der Waals surface area contributed by atoms with Crippen LogP contribution in [-0.4, -0.2) is 27.2 Å². The van der Waals surface area contributed by atoms with E-state index in [0.717, 1.165) is 12.7 Å². The Labute approximate surface area is 99.8 Å². The summed E-state index contributed by atoms with van der Waals surface area (Å²) in [4.78, 5) is 10.9. The molecule has 0 atom stereocenters. The van der Waals surface area contributed by atoms with E-state index in [9.17, 15) is 13.2 Å². The van der Waals surface area contributed by atoms with Crippen LogP contribution >= 0.6 is 0 Å². The minimum atomic E-state index is -3.74. The highest BCUT2D eigenvalue weighted by atomic mass is 32.2. The number of nitrogens with one attached hydrogen (secondary N) is 1. The van der Waals surface area contributed by atoms with Gasteiger partial charge in [0.15, 0.2) is 5.75 Å². The van der Waals surface area contributed by atoms with Gasteiger partial charge >= 0.3 is 5.97 Å². The molecule has 0 bridgehead atoms. The summed E-state index contributed by atoms with van der Waals surface area (Å²) in [5.41, 5.74) is 6.60.